The first-order valence-electron chi connectivity index (χ1n) is 14.6. The van der Waals surface area contributed by atoms with E-state index in [1.165, 1.54) is 18.9 Å². The lowest BCUT2D eigenvalue weighted by Crippen LogP contribution is -2.61. The summed E-state index contributed by atoms with van der Waals surface area (Å²) in [5.74, 6) is -0.921. The SMILES string of the molecule is CC1CCc2ccccc2OCCNC(C(C)C)C(=O)N(C)C(C(C)O)C(=O)NC(C(C)c2ccccc2)C(=O)N1. The van der Waals surface area contributed by atoms with Crippen LogP contribution in [0.3, 0.4) is 0 Å². The van der Waals surface area contributed by atoms with E-state index in [4.69, 9.17) is 4.74 Å². The molecule has 1 heterocycles. The van der Waals surface area contributed by atoms with Gasteiger partial charge in [0.15, 0.2) is 0 Å². The topological polar surface area (TPSA) is 120 Å². The summed E-state index contributed by atoms with van der Waals surface area (Å²) in [4.78, 5) is 42.3. The number of aryl methyl sites for hydroxylation is 1. The monoisotopic (exact) mass is 566 g/mol. The molecule has 0 saturated heterocycles. The molecule has 9 heteroatoms. The van der Waals surface area contributed by atoms with E-state index in [9.17, 15) is 19.5 Å². The molecule has 6 atom stereocenters. The predicted octanol–water partition coefficient (Wildman–Crippen LogP) is 2.63. The number of likely N-dealkylation sites (N-methyl/N-ethyl adjacent to an activating group) is 1. The number of aliphatic hydroxyl groups is 1. The molecule has 0 spiro atoms. The fourth-order valence-corrected chi connectivity index (χ4v) is 5.29. The number of amides is 3. The summed E-state index contributed by atoms with van der Waals surface area (Å²) in [5.41, 5.74) is 1.92. The second-order valence-electron chi connectivity index (χ2n) is 11.4. The zero-order valence-corrected chi connectivity index (χ0v) is 25.1. The van der Waals surface area contributed by atoms with E-state index in [1.807, 2.05) is 82.3 Å². The second-order valence-corrected chi connectivity index (χ2v) is 11.4. The van der Waals surface area contributed by atoms with Crippen LogP contribution in [0.1, 0.15) is 58.1 Å². The molecule has 0 bridgehead atoms. The van der Waals surface area contributed by atoms with Crippen LogP contribution in [-0.4, -0.2) is 78.2 Å². The number of carbonyl (C=O) groups is 3. The van der Waals surface area contributed by atoms with Gasteiger partial charge in [-0.2, -0.15) is 0 Å². The molecule has 3 rings (SSSR count). The van der Waals surface area contributed by atoms with Gasteiger partial charge in [0.05, 0.1) is 12.1 Å². The van der Waals surface area contributed by atoms with E-state index < -0.39 is 30.1 Å². The predicted molar refractivity (Wildman–Crippen MR) is 160 cm³/mol. The van der Waals surface area contributed by atoms with E-state index in [2.05, 4.69) is 16.0 Å². The molecule has 1 aliphatic heterocycles. The molecule has 224 valence electrons. The molecule has 0 radical (unpaired) electrons. The third-order valence-corrected chi connectivity index (χ3v) is 7.76. The highest BCUT2D eigenvalue weighted by molar-refractivity contribution is 5.94. The molecule has 0 fully saturated rings. The molecule has 1 aliphatic rings. The van der Waals surface area contributed by atoms with Crippen LogP contribution < -0.4 is 20.7 Å². The van der Waals surface area contributed by atoms with Crippen LogP contribution in [0.5, 0.6) is 5.75 Å². The van der Waals surface area contributed by atoms with Crippen molar-refractivity contribution in [2.75, 3.05) is 20.2 Å². The van der Waals surface area contributed by atoms with Crippen molar-refractivity contribution >= 4 is 17.7 Å². The smallest absolute Gasteiger partial charge is 0.246 e. The molecule has 4 N–H and O–H groups in total. The molecular weight excluding hydrogens is 520 g/mol. The van der Waals surface area contributed by atoms with E-state index >= 15 is 0 Å². The molecule has 6 unspecified atom stereocenters. The maximum absolute atomic E-state index is 13.7. The summed E-state index contributed by atoms with van der Waals surface area (Å²) in [6.07, 6.45) is 0.198. The molecule has 0 saturated carbocycles. The highest BCUT2D eigenvalue weighted by Crippen LogP contribution is 2.22. The first kappa shape index (κ1) is 32.1. The van der Waals surface area contributed by atoms with Gasteiger partial charge in [0.2, 0.25) is 17.7 Å². The fraction of sp³-hybridized carbons (Fsp3) is 0.531. The van der Waals surface area contributed by atoms with Crippen LogP contribution in [0.15, 0.2) is 54.6 Å². The number of carbonyl (C=O) groups excluding carboxylic acids is 3. The Labute approximate surface area is 244 Å². The van der Waals surface area contributed by atoms with Gasteiger partial charge >= 0.3 is 0 Å². The lowest BCUT2D eigenvalue weighted by molar-refractivity contribution is -0.146. The molecule has 2 aromatic rings. The lowest BCUT2D eigenvalue weighted by atomic mass is 9.91. The average molecular weight is 567 g/mol. The third-order valence-electron chi connectivity index (χ3n) is 7.76. The Morgan fingerprint density at radius 3 is 2.22 bits per heavy atom. The van der Waals surface area contributed by atoms with E-state index in [-0.39, 0.29) is 29.7 Å². The molecule has 0 aliphatic carbocycles. The quantitative estimate of drug-likeness (QED) is 0.452. The van der Waals surface area contributed by atoms with E-state index in [1.54, 1.807) is 0 Å². The number of rotatable bonds is 4. The van der Waals surface area contributed by atoms with Gasteiger partial charge in [-0.1, -0.05) is 69.3 Å². The van der Waals surface area contributed by atoms with Crippen molar-refractivity contribution in [3.8, 4) is 5.75 Å². The first-order valence-corrected chi connectivity index (χ1v) is 14.6. The number of nitrogens with zero attached hydrogens (tertiary/aromatic N) is 1. The van der Waals surface area contributed by atoms with Crippen molar-refractivity contribution in [1.29, 1.82) is 0 Å². The minimum atomic E-state index is -1.19. The summed E-state index contributed by atoms with van der Waals surface area (Å²) >= 11 is 0. The number of benzene rings is 2. The number of fused-ring (bicyclic) bond motifs is 1. The summed E-state index contributed by atoms with van der Waals surface area (Å²) in [5, 5.41) is 19.9. The van der Waals surface area contributed by atoms with Gasteiger partial charge < -0.3 is 30.7 Å². The summed E-state index contributed by atoms with van der Waals surface area (Å²) in [6.45, 7) is 9.91. The Morgan fingerprint density at radius 2 is 1.56 bits per heavy atom. The van der Waals surface area contributed by atoms with Crippen molar-refractivity contribution in [3.63, 3.8) is 0 Å². The third kappa shape index (κ3) is 8.53. The van der Waals surface area contributed by atoms with Crippen molar-refractivity contribution in [3.05, 3.63) is 65.7 Å². The van der Waals surface area contributed by atoms with Crippen molar-refractivity contribution < 1.29 is 24.2 Å². The Balaban J connectivity index is 1.98. The number of ether oxygens (including phenoxy) is 1. The molecule has 3 amide bonds. The van der Waals surface area contributed by atoms with Gasteiger partial charge in [-0.05, 0) is 49.8 Å². The van der Waals surface area contributed by atoms with Gasteiger partial charge in [0.1, 0.15) is 24.4 Å². The number of aliphatic hydroxyl groups excluding tert-OH is 1. The summed E-state index contributed by atoms with van der Waals surface area (Å²) in [7, 11) is 1.51. The van der Waals surface area contributed by atoms with Crippen molar-refractivity contribution in [2.45, 2.75) is 83.6 Å². The van der Waals surface area contributed by atoms with Gasteiger partial charge in [-0.25, -0.2) is 0 Å². The Morgan fingerprint density at radius 1 is 0.902 bits per heavy atom. The molecule has 41 heavy (non-hydrogen) atoms. The fourth-order valence-electron chi connectivity index (χ4n) is 5.29. The second kappa shape index (κ2) is 15.0. The number of hydrogen-bond donors (Lipinski definition) is 4. The average Bonchev–Trinajstić information content (AvgIpc) is 2.94. The van der Waals surface area contributed by atoms with Crippen LogP contribution >= 0.6 is 0 Å². The van der Waals surface area contributed by atoms with E-state index in [0.717, 1.165) is 16.9 Å². The minimum absolute atomic E-state index is 0.0846. The molecule has 2 aromatic carbocycles. The normalized spacial score (nSPS) is 25.2. The highest BCUT2D eigenvalue weighted by Gasteiger charge is 2.38. The van der Waals surface area contributed by atoms with Crippen LogP contribution in [0.2, 0.25) is 0 Å². The minimum Gasteiger partial charge on any atom is -0.492 e. The summed E-state index contributed by atoms with van der Waals surface area (Å²) < 4.78 is 6.07. The van der Waals surface area contributed by atoms with E-state index in [0.29, 0.717) is 26.0 Å². The Bertz CT molecular complexity index is 1160. The zero-order valence-electron chi connectivity index (χ0n) is 25.1. The highest BCUT2D eigenvalue weighted by atomic mass is 16.5. The van der Waals surface area contributed by atoms with Gasteiger partial charge in [0, 0.05) is 25.6 Å². The van der Waals surface area contributed by atoms with Crippen LogP contribution in [0.4, 0.5) is 0 Å². The molecular formula is C32H46N4O5. The Hall–Kier alpha value is -3.43. The molecule has 0 aromatic heterocycles. The van der Waals surface area contributed by atoms with Gasteiger partial charge in [-0.15, -0.1) is 0 Å². The van der Waals surface area contributed by atoms with Crippen LogP contribution in [0.25, 0.3) is 0 Å². The molecule has 9 nitrogen and oxygen atoms in total. The first-order chi connectivity index (χ1) is 19.5. The van der Waals surface area contributed by atoms with Crippen molar-refractivity contribution in [2.24, 2.45) is 5.92 Å². The summed E-state index contributed by atoms with van der Waals surface area (Å²) in [6, 6.07) is 14.4. The maximum Gasteiger partial charge on any atom is 0.246 e. The zero-order chi connectivity index (χ0) is 30.1. The standard InChI is InChI=1S/C32H46N4O5/c1-20(2)27-32(40)36(6)29(23(5)37)31(39)35-28(22(4)24-12-8-7-9-13-24)30(38)34-21(3)16-17-25-14-10-11-15-26(25)41-19-18-33-27/h7-15,20-23,27-29,33,37H,16-19H2,1-6H3,(H,34,38)(H,35,39). The number of hydrogen-bond acceptors (Lipinski definition) is 6. The van der Waals surface area contributed by atoms with Crippen LogP contribution in [0, 0.1) is 5.92 Å². The number of nitrogens with one attached hydrogen (secondary N) is 3. The lowest BCUT2D eigenvalue weighted by Gasteiger charge is -2.35. The maximum atomic E-state index is 13.7. The van der Waals surface area contributed by atoms with Gasteiger partial charge in [0.25, 0.3) is 0 Å². The number of para-hydroxylation sites is 1. The van der Waals surface area contributed by atoms with Crippen molar-refractivity contribution in [1.82, 2.24) is 20.9 Å². The Kier molecular flexibility index (Phi) is 11.7. The van der Waals surface area contributed by atoms with Gasteiger partial charge in [-0.3, -0.25) is 14.4 Å². The largest absolute Gasteiger partial charge is 0.492 e. The van der Waals surface area contributed by atoms with Crippen LogP contribution in [-0.2, 0) is 20.8 Å².